The van der Waals surface area contributed by atoms with Crippen LogP contribution in [0.15, 0.2) is 41.1 Å². The molecule has 9 heteroatoms. The van der Waals surface area contributed by atoms with Gasteiger partial charge in [-0.25, -0.2) is 4.39 Å². The van der Waals surface area contributed by atoms with Crippen molar-refractivity contribution in [2.45, 2.75) is 33.1 Å². The Morgan fingerprint density at radius 1 is 1.24 bits per heavy atom. The number of aryl methyl sites for hydroxylation is 1. The van der Waals surface area contributed by atoms with Crippen molar-refractivity contribution in [1.29, 1.82) is 0 Å². The number of anilines is 1. The second-order valence-electron chi connectivity index (χ2n) is 7.06. The number of hydrogen-bond acceptors (Lipinski definition) is 6. The van der Waals surface area contributed by atoms with Crippen molar-refractivity contribution in [1.82, 2.24) is 24.7 Å². The summed E-state index contributed by atoms with van der Waals surface area (Å²) < 4.78 is 20.4. The predicted octanol–water partition coefficient (Wildman–Crippen LogP) is 3.53. The molecule has 0 atom stereocenters. The first-order chi connectivity index (χ1) is 13.9. The molecule has 0 aliphatic rings. The number of pyridine rings is 1. The number of rotatable bonds is 5. The molecule has 0 bridgehead atoms. The number of halogens is 1. The third kappa shape index (κ3) is 3.84. The summed E-state index contributed by atoms with van der Waals surface area (Å²) in [5.41, 5.74) is 2.28. The van der Waals surface area contributed by atoms with E-state index < -0.39 is 0 Å². The van der Waals surface area contributed by atoms with E-state index in [9.17, 15) is 9.18 Å². The van der Waals surface area contributed by atoms with Crippen LogP contribution in [0.25, 0.3) is 17.1 Å². The maximum Gasteiger partial charge on any atom is 0.258 e. The van der Waals surface area contributed by atoms with Crippen LogP contribution in [-0.2, 0) is 11.2 Å². The summed E-state index contributed by atoms with van der Waals surface area (Å²) in [7, 11) is 0. The van der Waals surface area contributed by atoms with Gasteiger partial charge in [0.25, 0.3) is 5.89 Å². The van der Waals surface area contributed by atoms with Gasteiger partial charge in [0.15, 0.2) is 11.5 Å². The highest BCUT2D eigenvalue weighted by molar-refractivity contribution is 5.92. The van der Waals surface area contributed by atoms with Crippen LogP contribution >= 0.6 is 0 Å². The molecule has 29 heavy (non-hydrogen) atoms. The summed E-state index contributed by atoms with van der Waals surface area (Å²) in [6, 6.07) is 8.00. The molecular formula is C20H19FN6O2. The Hall–Kier alpha value is -3.62. The Bertz CT molecular complexity index is 1200. The van der Waals surface area contributed by atoms with E-state index in [1.807, 2.05) is 13.8 Å². The molecule has 0 aliphatic heterocycles. The van der Waals surface area contributed by atoms with Gasteiger partial charge in [0, 0.05) is 23.4 Å². The third-order valence-corrected chi connectivity index (χ3v) is 4.45. The number of benzene rings is 1. The van der Waals surface area contributed by atoms with Crippen LogP contribution in [-0.4, -0.2) is 30.6 Å². The molecule has 8 nitrogen and oxygen atoms in total. The summed E-state index contributed by atoms with van der Waals surface area (Å²) in [6.07, 6.45) is 1.78. The Kier molecular flexibility index (Phi) is 4.79. The second-order valence-corrected chi connectivity index (χ2v) is 7.06. The van der Waals surface area contributed by atoms with Crippen LogP contribution in [0.5, 0.6) is 0 Å². The number of fused-ring (bicyclic) bond motifs is 1. The molecule has 0 saturated carbocycles. The highest BCUT2D eigenvalue weighted by Gasteiger charge is 2.15. The fourth-order valence-electron chi connectivity index (χ4n) is 2.85. The van der Waals surface area contributed by atoms with Gasteiger partial charge in [0.05, 0.1) is 6.42 Å². The maximum atomic E-state index is 13.4. The topological polar surface area (TPSA) is 98.2 Å². The molecule has 0 fully saturated rings. The Morgan fingerprint density at radius 3 is 2.79 bits per heavy atom. The lowest BCUT2D eigenvalue weighted by Gasteiger charge is -2.06. The van der Waals surface area contributed by atoms with Crippen LogP contribution in [0, 0.1) is 12.7 Å². The van der Waals surface area contributed by atoms with Gasteiger partial charge in [-0.3, -0.25) is 9.20 Å². The standard InChI is InChI=1S/C20H19FN6O2/c1-11(2)19-23-20(29-26-19)13-6-7-27-16(9-13)24-25-17(27)10-18(28)22-14-4-5-15(21)12(3)8-14/h4-9,11H,10H2,1-3H3,(H,22,28). The fourth-order valence-corrected chi connectivity index (χ4v) is 2.85. The van der Waals surface area contributed by atoms with Crippen LogP contribution in [0.1, 0.15) is 37.0 Å². The number of nitrogens with zero attached hydrogens (tertiary/aromatic N) is 5. The van der Waals surface area contributed by atoms with Gasteiger partial charge in [-0.2, -0.15) is 4.98 Å². The van der Waals surface area contributed by atoms with Gasteiger partial charge in [0.1, 0.15) is 11.6 Å². The first-order valence-corrected chi connectivity index (χ1v) is 9.14. The van der Waals surface area contributed by atoms with Gasteiger partial charge in [-0.05, 0) is 42.8 Å². The fraction of sp³-hybridized carbons (Fsp3) is 0.250. The first-order valence-electron chi connectivity index (χ1n) is 9.14. The molecule has 0 saturated heterocycles. The normalized spacial score (nSPS) is 11.3. The molecule has 1 amide bonds. The summed E-state index contributed by atoms with van der Waals surface area (Å²) in [6.45, 7) is 5.62. The molecule has 3 aromatic heterocycles. The van der Waals surface area contributed by atoms with Gasteiger partial charge in [0.2, 0.25) is 5.91 Å². The average molecular weight is 394 g/mol. The van der Waals surface area contributed by atoms with Gasteiger partial charge in [-0.1, -0.05) is 19.0 Å². The first kappa shape index (κ1) is 18.7. The highest BCUT2D eigenvalue weighted by atomic mass is 19.1. The zero-order valence-electron chi connectivity index (χ0n) is 16.2. The van der Waals surface area contributed by atoms with Gasteiger partial charge < -0.3 is 9.84 Å². The summed E-state index contributed by atoms with van der Waals surface area (Å²) >= 11 is 0. The lowest BCUT2D eigenvalue weighted by molar-refractivity contribution is -0.115. The van der Waals surface area contributed by atoms with Crippen molar-refractivity contribution in [3.8, 4) is 11.5 Å². The van der Waals surface area contributed by atoms with Gasteiger partial charge in [-0.15, -0.1) is 10.2 Å². The maximum absolute atomic E-state index is 13.4. The van der Waals surface area contributed by atoms with E-state index in [2.05, 4.69) is 25.7 Å². The summed E-state index contributed by atoms with van der Waals surface area (Å²) in [5.74, 6) is 1.10. The number of amides is 1. The molecule has 3 heterocycles. The Morgan fingerprint density at radius 2 is 2.07 bits per heavy atom. The SMILES string of the molecule is Cc1cc(NC(=O)Cc2nnc3cc(-c4nc(C(C)C)no4)ccn23)ccc1F. The lowest BCUT2D eigenvalue weighted by atomic mass is 10.2. The minimum absolute atomic E-state index is 0.0228. The Labute approximate surface area is 165 Å². The number of hydrogen-bond donors (Lipinski definition) is 1. The molecule has 1 N–H and O–H groups in total. The van der Waals surface area contributed by atoms with Crippen LogP contribution in [0.4, 0.5) is 10.1 Å². The quantitative estimate of drug-likeness (QED) is 0.556. The van der Waals surface area contributed by atoms with Crippen molar-refractivity contribution in [3.05, 3.63) is 59.6 Å². The largest absolute Gasteiger partial charge is 0.334 e. The monoisotopic (exact) mass is 394 g/mol. The smallest absolute Gasteiger partial charge is 0.258 e. The molecule has 1 aromatic carbocycles. The average Bonchev–Trinajstić information content (AvgIpc) is 3.32. The lowest BCUT2D eigenvalue weighted by Crippen LogP contribution is -2.16. The molecule has 4 rings (SSSR count). The zero-order chi connectivity index (χ0) is 20.5. The molecule has 148 valence electrons. The number of carbonyl (C=O) groups is 1. The van der Waals surface area contributed by atoms with E-state index in [1.54, 1.807) is 35.7 Å². The number of nitrogens with one attached hydrogen (secondary N) is 1. The van der Waals surface area contributed by atoms with E-state index in [0.717, 1.165) is 5.56 Å². The number of carbonyl (C=O) groups excluding carboxylic acids is 1. The minimum Gasteiger partial charge on any atom is -0.334 e. The van der Waals surface area contributed by atoms with E-state index in [0.29, 0.717) is 34.4 Å². The summed E-state index contributed by atoms with van der Waals surface area (Å²) in [4.78, 5) is 16.7. The number of aromatic nitrogens is 5. The molecule has 0 unspecified atom stereocenters. The van der Waals surface area contributed by atoms with E-state index in [-0.39, 0.29) is 24.1 Å². The van der Waals surface area contributed by atoms with Crippen molar-refractivity contribution >= 4 is 17.2 Å². The molecule has 0 aliphatic carbocycles. The van der Waals surface area contributed by atoms with E-state index >= 15 is 0 Å². The minimum atomic E-state index is -0.316. The van der Waals surface area contributed by atoms with Gasteiger partial charge >= 0.3 is 0 Å². The van der Waals surface area contributed by atoms with Crippen LogP contribution in [0.2, 0.25) is 0 Å². The molecule has 0 spiro atoms. The highest BCUT2D eigenvalue weighted by Crippen LogP contribution is 2.21. The third-order valence-electron chi connectivity index (χ3n) is 4.45. The zero-order valence-corrected chi connectivity index (χ0v) is 16.2. The van der Waals surface area contributed by atoms with E-state index in [4.69, 9.17) is 4.52 Å². The Balaban J connectivity index is 1.52. The van der Waals surface area contributed by atoms with Crippen molar-refractivity contribution in [2.24, 2.45) is 0 Å². The van der Waals surface area contributed by atoms with Crippen molar-refractivity contribution < 1.29 is 13.7 Å². The second kappa shape index (κ2) is 7.42. The van der Waals surface area contributed by atoms with Crippen molar-refractivity contribution in [2.75, 3.05) is 5.32 Å². The van der Waals surface area contributed by atoms with Crippen LogP contribution in [0.3, 0.4) is 0 Å². The predicted molar refractivity (Wildman–Crippen MR) is 104 cm³/mol. The molecule has 0 radical (unpaired) electrons. The molecule has 4 aromatic rings. The summed E-state index contributed by atoms with van der Waals surface area (Å²) in [5, 5.41) is 14.9. The van der Waals surface area contributed by atoms with Crippen molar-refractivity contribution in [3.63, 3.8) is 0 Å². The van der Waals surface area contributed by atoms with E-state index in [1.165, 1.54) is 12.1 Å². The van der Waals surface area contributed by atoms with Crippen LogP contribution < -0.4 is 5.32 Å². The molecular weight excluding hydrogens is 375 g/mol.